The molecule has 1 aliphatic rings. The first-order valence-electron chi connectivity index (χ1n) is 9.42. The Kier molecular flexibility index (Phi) is 10.4. The summed E-state index contributed by atoms with van der Waals surface area (Å²) in [6, 6.07) is 0. The molecule has 0 radical (unpaired) electrons. The molecule has 0 amide bonds. The van der Waals surface area contributed by atoms with Crippen molar-refractivity contribution in [1.29, 1.82) is 0 Å². The van der Waals surface area contributed by atoms with E-state index in [1.807, 2.05) is 0 Å². The van der Waals surface area contributed by atoms with Gasteiger partial charge in [-0.05, 0) is 32.6 Å². The molecule has 3 heteroatoms. The van der Waals surface area contributed by atoms with Gasteiger partial charge in [0.2, 0.25) is 0 Å². The van der Waals surface area contributed by atoms with Crippen LogP contribution in [0.1, 0.15) is 71.6 Å². The molecule has 2 atom stereocenters. The standard InChI is InChI=1S/C19H37N2O/c1-3-5-6-7-8-9-10-11-12-13-14-19-20-15-16-21(19,4-2)17-18-22/h7-8,15,19,22H,3-6,9-14,16-18H2,1-2H3/q+1/b8-7+. The minimum Gasteiger partial charge on any atom is -0.391 e. The maximum absolute atomic E-state index is 9.31. The highest BCUT2D eigenvalue weighted by atomic mass is 16.3. The van der Waals surface area contributed by atoms with E-state index in [0.29, 0.717) is 6.17 Å². The lowest BCUT2D eigenvalue weighted by Gasteiger charge is -2.37. The number of hydrogen-bond acceptors (Lipinski definition) is 2. The highest BCUT2D eigenvalue weighted by Crippen LogP contribution is 2.23. The summed E-state index contributed by atoms with van der Waals surface area (Å²) >= 11 is 0. The molecule has 0 aromatic rings. The average Bonchev–Trinajstić information content (AvgIpc) is 2.93. The largest absolute Gasteiger partial charge is 0.391 e. The summed E-state index contributed by atoms with van der Waals surface area (Å²) in [5.41, 5.74) is 0. The highest BCUT2D eigenvalue weighted by molar-refractivity contribution is 5.60. The summed E-state index contributed by atoms with van der Waals surface area (Å²) in [6.07, 6.45) is 18.7. The Balaban J connectivity index is 2.09. The zero-order valence-corrected chi connectivity index (χ0v) is 14.8. The fourth-order valence-electron chi connectivity index (χ4n) is 3.38. The van der Waals surface area contributed by atoms with Crippen molar-refractivity contribution < 1.29 is 9.59 Å². The Morgan fingerprint density at radius 1 is 1.09 bits per heavy atom. The lowest BCUT2D eigenvalue weighted by Crippen LogP contribution is -2.53. The Labute approximate surface area is 137 Å². The molecule has 0 saturated carbocycles. The van der Waals surface area contributed by atoms with E-state index in [4.69, 9.17) is 0 Å². The first-order valence-corrected chi connectivity index (χ1v) is 9.42. The fraction of sp³-hybridized carbons (Fsp3) is 0.842. The number of hydrogen-bond donors (Lipinski definition) is 1. The van der Waals surface area contributed by atoms with Crippen LogP contribution in [0.15, 0.2) is 17.1 Å². The van der Waals surface area contributed by atoms with Crippen LogP contribution in [0.5, 0.6) is 0 Å². The van der Waals surface area contributed by atoms with Crippen LogP contribution in [-0.2, 0) is 0 Å². The number of nitrogens with zero attached hydrogens (tertiary/aromatic N) is 2. The first-order chi connectivity index (χ1) is 10.8. The molecule has 0 aromatic carbocycles. The molecule has 0 bridgehead atoms. The van der Waals surface area contributed by atoms with Crippen LogP contribution < -0.4 is 0 Å². The van der Waals surface area contributed by atoms with Gasteiger partial charge in [-0.2, -0.15) is 0 Å². The second kappa shape index (κ2) is 11.8. The molecule has 3 nitrogen and oxygen atoms in total. The van der Waals surface area contributed by atoms with Crippen molar-refractivity contribution in [2.45, 2.75) is 77.8 Å². The Hall–Kier alpha value is -0.670. The Morgan fingerprint density at radius 3 is 2.50 bits per heavy atom. The minimum atomic E-state index is 0.276. The van der Waals surface area contributed by atoms with Gasteiger partial charge in [-0.1, -0.05) is 44.8 Å². The Bertz CT molecular complexity index is 327. The van der Waals surface area contributed by atoms with Gasteiger partial charge >= 0.3 is 0 Å². The number of likely N-dealkylation sites (N-methyl/N-ethyl adjacent to an activating group) is 1. The van der Waals surface area contributed by atoms with Crippen molar-refractivity contribution in [3.8, 4) is 0 Å². The molecule has 22 heavy (non-hydrogen) atoms. The van der Waals surface area contributed by atoms with Gasteiger partial charge in [0.15, 0.2) is 6.17 Å². The van der Waals surface area contributed by atoms with Gasteiger partial charge in [-0.15, -0.1) is 0 Å². The van der Waals surface area contributed by atoms with E-state index in [1.165, 1.54) is 57.8 Å². The van der Waals surface area contributed by atoms with E-state index in [1.54, 1.807) is 0 Å². The van der Waals surface area contributed by atoms with E-state index in [0.717, 1.165) is 24.1 Å². The molecule has 1 aliphatic heterocycles. The van der Waals surface area contributed by atoms with Crippen molar-refractivity contribution in [2.24, 2.45) is 4.99 Å². The van der Waals surface area contributed by atoms with Crippen molar-refractivity contribution in [2.75, 3.05) is 26.2 Å². The second-order valence-corrected chi connectivity index (χ2v) is 6.58. The summed E-state index contributed by atoms with van der Waals surface area (Å²) in [5, 5.41) is 9.31. The molecule has 0 spiro atoms. The van der Waals surface area contributed by atoms with Crippen LogP contribution in [0, 0.1) is 0 Å². The molecular weight excluding hydrogens is 272 g/mol. The number of rotatable bonds is 13. The SMILES string of the molecule is CCCC/C=C/CCCCCCC1N=CC[N+]1(CC)CCO. The normalized spacial score (nSPS) is 24.6. The van der Waals surface area contributed by atoms with Crippen LogP contribution in [0.25, 0.3) is 0 Å². The van der Waals surface area contributed by atoms with Gasteiger partial charge in [-0.25, -0.2) is 4.99 Å². The summed E-state index contributed by atoms with van der Waals surface area (Å²) in [4.78, 5) is 4.68. The third-order valence-corrected chi connectivity index (χ3v) is 5.00. The molecular formula is C19H37N2O+. The van der Waals surface area contributed by atoms with E-state index >= 15 is 0 Å². The van der Waals surface area contributed by atoms with Crippen LogP contribution >= 0.6 is 0 Å². The Morgan fingerprint density at radius 2 is 1.82 bits per heavy atom. The zero-order chi connectivity index (χ0) is 16.1. The maximum atomic E-state index is 9.31. The number of aliphatic hydroxyl groups is 1. The minimum absolute atomic E-state index is 0.276. The van der Waals surface area contributed by atoms with Gasteiger partial charge < -0.3 is 5.11 Å². The van der Waals surface area contributed by atoms with Crippen LogP contribution in [-0.4, -0.2) is 48.2 Å². The van der Waals surface area contributed by atoms with Crippen LogP contribution in [0.3, 0.4) is 0 Å². The predicted octanol–water partition coefficient (Wildman–Crippen LogP) is 4.31. The third-order valence-electron chi connectivity index (χ3n) is 5.00. The third kappa shape index (κ3) is 6.62. The van der Waals surface area contributed by atoms with Crippen molar-refractivity contribution >= 4 is 6.21 Å². The number of aliphatic hydroxyl groups excluding tert-OH is 1. The molecule has 1 heterocycles. The van der Waals surface area contributed by atoms with Crippen LogP contribution in [0.2, 0.25) is 0 Å². The second-order valence-electron chi connectivity index (χ2n) is 6.58. The lowest BCUT2D eigenvalue weighted by molar-refractivity contribution is -0.936. The molecule has 0 saturated heterocycles. The van der Waals surface area contributed by atoms with Crippen LogP contribution in [0.4, 0.5) is 0 Å². The average molecular weight is 310 g/mol. The fourth-order valence-corrected chi connectivity index (χ4v) is 3.38. The molecule has 2 unspecified atom stereocenters. The van der Waals surface area contributed by atoms with E-state index in [2.05, 4.69) is 37.2 Å². The quantitative estimate of drug-likeness (QED) is 0.307. The first kappa shape index (κ1) is 19.4. The maximum Gasteiger partial charge on any atom is 0.182 e. The topological polar surface area (TPSA) is 32.6 Å². The molecule has 0 fully saturated rings. The molecule has 0 aliphatic carbocycles. The van der Waals surface area contributed by atoms with E-state index < -0.39 is 0 Å². The van der Waals surface area contributed by atoms with E-state index in [9.17, 15) is 5.11 Å². The van der Waals surface area contributed by atoms with Gasteiger partial charge in [0.1, 0.15) is 13.1 Å². The van der Waals surface area contributed by atoms with Gasteiger partial charge in [0, 0.05) is 6.42 Å². The van der Waals surface area contributed by atoms with Gasteiger partial charge in [-0.3, -0.25) is 4.48 Å². The summed E-state index contributed by atoms with van der Waals surface area (Å²) in [6.45, 7) is 7.68. The van der Waals surface area contributed by atoms with Gasteiger partial charge in [0.25, 0.3) is 0 Å². The predicted molar refractivity (Wildman–Crippen MR) is 96.3 cm³/mol. The molecule has 1 N–H and O–H groups in total. The molecule has 128 valence electrons. The molecule has 0 aromatic heterocycles. The van der Waals surface area contributed by atoms with Crippen molar-refractivity contribution in [3.05, 3.63) is 12.2 Å². The lowest BCUT2D eigenvalue weighted by atomic mass is 10.1. The van der Waals surface area contributed by atoms with E-state index in [-0.39, 0.29) is 6.61 Å². The summed E-state index contributed by atoms with van der Waals surface area (Å²) in [7, 11) is 0. The summed E-state index contributed by atoms with van der Waals surface area (Å²) in [5.74, 6) is 0. The van der Waals surface area contributed by atoms with Crippen molar-refractivity contribution in [1.82, 2.24) is 0 Å². The number of aliphatic imine (C=N–C) groups is 1. The summed E-state index contributed by atoms with van der Waals surface area (Å²) < 4.78 is 0.969. The smallest absolute Gasteiger partial charge is 0.182 e. The number of quaternary nitrogens is 1. The van der Waals surface area contributed by atoms with Crippen molar-refractivity contribution in [3.63, 3.8) is 0 Å². The number of unbranched alkanes of at least 4 members (excludes halogenated alkanes) is 6. The monoisotopic (exact) mass is 309 g/mol. The zero-order valence-electron chi connectivity index (χ0n) is 14.8. The molecule has 1 rings (SSSR count). The highest BCUT2D eigenvalue weighted by Gasteiger charge is 2.36. The van der Waals surface area contributed by atoms with Gasteiger partial charge in [0.05, 0.1) is 19.4 Å². The number of allylic oxidation sites excluding steroid dienone is 2.